The first-order valence-corrected chi connectivity index (χ1v) is 15.7. The molecule has 0 spiro atoms. The zero-order chi connectivity index (χ0) is 30.6. The number of para-hydroxylation sites is 1. The first-order valence-electron chi connectivity index (χ1n) is 15.7. The third-order valence-electron chi connectivity index (χ3n) is 8.92. The predicted octanol–water partition coefficient (Wildman–Crippen LogP) is 3.72. The molecule has 6 rings (SSSR count). The topological polar surface area (TPSA) is 105 Å². The van der Waals surface area contributed by atoms with Crippen LogP contribution in [0, 0.1) is 6.92 Å². The molecule has 2 aliphatic rings. The summed E-state index contributed by atoms with van der Waals surface area (Å²) in [6.45, 7) is 3.73. The molecule has 1 fully saturated rings. The molecule has 0 saturated carbocycles. The SMILES string of the molecule is Cc1nc2n(n1)CCN(C(=O)Cc1cn(C)c3ccccc13)CCCC(=O)N1CCCC[C@H]1C(=O)N[C@@H]2Cc1ccccc1. The van der Waals surface area contributed by atoms with Gasteiger partial charge in [-0.05, 0) is 56.2 Å². The Morgan fingerprint density at radius 2 is 1.75 bits per heavy atom. The molecule has 1 N–H and O–H groups in total. The standard InChI is InChI=1S/C34H41N7O3/c1-24-35-33-28(21-25-11-4-3-5-12-25)36-34(44)30-15-8-9-18-40(30)31(42)16-10-17-39(19-20-41(33)37-24)32(43)22-26-23-38(2)29-14-7-6-13-27(26)29/h3-7,11-14,23,28,30H,8-10,15-22H2,1-2H3,(H,36,44)/t28-,30+/m1/s1. The number of amides is 3. The summed E-state index contributed by atoms with van der Waals surface area (Å²) in [6.07, 6.45) is 6.09. The number of nitrogens with one attached hydrogen (secondary N) is 1. The fourth-order valence-electron chi connectivity index (χ4n) is 6.70. The number of aromatic nitrogens is 4. The highest BCUT2D eigenvalue weighted by atomic mass is 16.2. The first kappa shape index (κ1) is 29.6. The Kier molecular flexibility index (Phi) is 8.77. The Bertz CT molecular complexity index is 1640. The zero-order valence-corrected chi connectivity index (χ0v) is 25.6. The number of hydrogen-bond donors (Lipinski definition) is 1. The van der Waals surface area contributed by atoms with E-state index in [0.29, 0.717) is 63.5 Å². The predicted molar refractivity (Wildman–Crippen MR) is 168 cm³/mol. The smallest absolute Gasteiger partial charge is 0.243 e. The molecule has 44 heavy (non-hydrogen) atoms. The van der Waals surface area contributed by atoms with Gasteiger partial charge in [0.1, 0.15) is 17.7 Å². The quantitative estimate of drug-likeness (QED) is 0.387. The van der Waals surface area contributed by atoms with Crippen molar-refractivity contribution >= 4 is 28.6 Å². The minimum atomic E-state index is -0.515. The molecule has 4 aromatic rings. The highest BCUT2D eigenvalue weighted by Crippen LogP contribution is 2.24. The van der Waals surface area contributed by atoms with Crippen molar-refractivity contribution in [3.05, 3.63) is 83.6 Å². The highest BCUT2D eigenvalue weighted by molar-refractivity contribution is 5.90. The summed E-state index contributed by atoms with van der Waals surface area (Å²) >= 11 is 0. The molecular formula is C34H41N7O3. The molecule has 3 amide bonds. The van der Waals surface area contributed by atoms with Gasteiger partial charge in [0.2, 0.25) is 17.7 Å². The van der Waals surface area contributed by atoms with E-state index < -0.39 is 12.1 Å². The maximum atomic E-state index is 13.9. The van der Waals surface area contributed by atoms with Gasteiger partial charge in [0.15, 0.2) is 0 Å². The van der Waals surface area contributed by atoms with E-state index in [1.807, 2.05) is 72.2 Å². The Hall–Kier alpha value is -4.47. The van der Waals surface area contributed by atoms with Crippen LogP contribution in [0.25, 0.3) is 10.9 Å². The van der Waals surface area contributed by atoms with E-state index in [4.69, 9.17) is 10.1 Å². The third-order valence-corrected chi connectivity index (χ3v) is 8.92. The second kappa shape index (κ2) is 13.0. The molecule has 10 heteroatoms. The molecule has 10 nitrogen and oxygen atoms in total. The van der Waals surface area contributed by atoms with E-state index in [1.54, 1.807) is 4.90 Å². The first-order chi connectivity index (χ1) is 21.4. The van der Waals surface area contributed by atoms with Crippen LogP contribution in [-0.4, -0.2) is 72.5 Å². The maximum absolute atomic E-state index is 13.9. The number of rotatable bonds is 4. The van der Waals surface area contributed by atoms with Gasteiger partial charge in [-0.3, -0.25) is 14.4 Å². The van der Waals surface area contributed by atoms with Crippen LogP contribution in [0.4, 0.5) is 0 Å². The number of hydrogen-bond acceptors (Lipinski definition) is 5. The van der Waals surface area contributed by atoms with Crippen LogP contribution >= 0.6 is 0 Å². The molecule has 4 heterocycles. The lowest BCUT2D eigenvalue weighted by Gasteiger charge is -2.36. The molecule has 0 aliphatic carbocycles. The van der Waals surface area contributed by atoms with Gasteiger partial charge in [-0.1, -0.05) is 48.5 Å². The van der Waals surface area contributed by atoms with Gasteiger partial charge in [-0.25, -0.2) is 9.67 Å². The van der Waals surface area contributed by atoms with Crippen molar-refractivity contribution in [2.24, 2.45) is 7.05 Å². The van der Waals surface area contributed by atoms with Crippen molar-refractivity contribution in [2.45, 2.75) is 70.5 Å². The second-order valence-electron chi connectivity index (χ2n) is 12.0. The molecule has 2 atom stereocenters. The molecule has 1 saturated heterocycles. The number of nitrogens with zero attached hydrogens (tertiary/aromatic N) is 6. The molecule has 0 radical (unpaired) electrons. The average Bonchev–Trinajstić information content (AvgIpc) is 3.56. The van der Waals surface area contributed by atoms with E-state index in [0.717, 1.165) is 34.9 Å². The molecule has 2 aromatic heterocycles. The van der Waals surface area contributed by atoms with Crippen molar-refractivity contribution in [1.29, 1.82) is 0 Å². The van der Waals surface area contributed by atoms with Crippen LogP contribution in [0.2, 0.25) is 0 Å². The minimum Gasteiger partial charge on any atom is -0.350 e. The zero-order valence-electron chi connectivity index (χ0n) is 25.6. The van der Waals surface area contributed by atoms with Crippen molar-refractivity contribution in [1.82, 2.24) is 34.4 Å². The molecule has 2 aliphatic heterocycles. The van der Waals surface area contributed by atoms with Gasteiger partial charge < -0.3 is 19.7 Å². The van der Waals surface area contributed by atoms with Crippen LogP contribution in [0.3, 0.4) is 0 Å². The van der Waals surface area contributed by atoms with E-state index in [-0.39, 0.29) is 24.1 Å². The fourth-order valence-corrected chi connectivity index (χ4v) is 6.70. The van der Waals surface area contributed by atoms with Crippen LogP contribution in [0.1, 0.15) is 60.9 Å². The molecule has 0 unspecified atom stereocenters. The minimum absolute atomic E-state index is 0.0178. The van der Waals surface area contributed by atoms with Crippen LogP contribution < -0.4 is 5.32 Å². The Morgan fingerprint density at radius 3 is 2.59 bits per heavy atom. The number of fused-ring (bicyclic) bond motifs is 3. The summed E-state index contributed by atoms with van der Waals surface area (Å²) in [4.78, 5) is 49.5. The van der Waals surface area contributed by atoms with Crippen LogP contribution in [-0.2, 0) is 40.8 Å². The number of piperidine rings is 1. The van der Waals surface area contributed by atoms with Gasteiger partial charge in [-0.15, -0.1) is 0 Å². The third kappa shape index (κ3) is 6.39. The summed E-state index contributed by atoms with van der Waals surface area (Å²) in [5.41, 5.74) is 3.14. The lowest BCUT2D eigenvalue weighted by molar-refractivity contribution is -0.143. The van der Waals surface area contributed by atoms with Crippen LogP contribution in [0.15, 0.2) is 60.8 Å². The Balaban J connectivity index is 1.31. The number of carbonyl (C=O) groups excluding carboxylic acids is 3. The second-order valence-corrected chi connectivity index (χ2v) is 12.0. The highest BCUT2D eigenvalue weighted by Gasteiger charge is 2.34. The van der Waals surface area contributed by atoms with Gasteiger partial charge in [0.05, 0.1) is 19.0 Å². The average molecular weight is 596 g/mol. The van der Waals surface area contributed by atoms with Crippen molar-refractivity contribution in [3.63, 3.8) is 0 Å². The van der Waals surface area contributed by atoms with E-state index in [1.165, 1.54) is 0 Å². The maximum Gasteiger partial charge on any atom is 0.243 e. The molecule has 0 bridgehead atoms. The van der Waals surface area contributed by atoms with Gasteiger partial charge in [0, 0.05) is 50.2 Å². The van der Waals surface area contributed by atoms with Crippen molar-refractivity contribution < 1.29 is 14.4 Å². The largest absolute Gasteiger partial charge is 0.350 e. The van der Waals surface area contributed by atoms with Gasteiger partial charge in [0.25, 0.3) is 0 Å². The monoisotopic (exact) mass is 595 g/mol. The summed E-state index contributed by atoms with van der Waals surface area (Å²) in [7, 11) is 2.00. The van der Waals surface area contributed by atoms with Gasteiger partial charge in [-0.2, -0.15) is 5.10 Å². The van der Waals surface area contributed by atoms with Crippen molar-refractivity contribution in [3.8, 4) is 0 Å². The van der Waals surface area contributed by atoms with Crippen molar-refractivity contribution in [2.75, 3.05) is 19.6 Å². The van der Waals surface area contributed by atoms with Gasteiger partial charge >= 0.3 is 0 Å². The molecule has 2 aromatic carbocycles. The lowest BCUT2D eigenvalue weighted by Crippen LogP contribution is -2.53. The molecular weight excluding hydrogens is 554 g/mol. The Labute approximate surface area is 258 Å². The van der Waals surface area contributed by atoms with E-state index in [2.05, 4.69) is 22.0 Å². The van der Waals surface area contributed by atoms with Crippen LogP contribution in [0.5, 0.6) is 0 Å². The number of carbonyl (C=O) groups is 3. The fraction of sp³-hybridized carbons (Fsp3) is 0.441. The summed E-state index contributed by atoms with van der Waals surface area (Å²) in [6, 6.07) is 17.2. The summed E-state index contributed by atoms with van der Waals surface area (Å²) < 4.78 is 3.90. The normalized spacial score (nSPS) is 20.1. The summed E-state index contributed by atoms with van der Waals surface area (Å²) in [5.74, 6) is 1.12. The number of benzene rings is 2. The molecule has 230 valence electrons. The van der Waals surface area contributed by atoms with E-state index in [9.17, 15) is 14.4 Å². The summed E-state index contributed by atoms with van der Waals surface area (Å²) in [5, 5.41) is 9.03. The number of aryl methyl sites for hydroxylation is 2. The Morgan fingerprint density at radius 1 is 0.955 bits per heavy atom. The lowest BCUT2D eigenvalue weighted by atomic mass is 9.99. The van der Waals surface area contributed by atoms with E-state index >= 15 is 0 Å².